The van der Waals surface area contributed by atoms with E-state index in [1.54, 1.807) is 24.3 Å². The Morgan fingerprint density at radius 1 is 1.10 bits per heavy atom. The average molecular weight is 286 g/mol. The molecule has 108 valence electrons. The number of nitrogens with two attached hydrogens (primary N) is 1. The van der Waals surface area contributed by atoms with Gasteiger partial charge in [-0.2, -0.15) is 0 Å². The molecule has 6 nitrogen and oxygen atoms in total. The first-order valence-electron chi connectivity index (χ1n) is 6.18. The molecule has 6 heteroatoms. The molecule has 0 bridgehead atoms. The number of amides is 1. The Balaban J connectivity index is 2.19. The fourth-order valence-corrected chi connectivity index (χ4v) is 1.78. The van der Waals surface area contributed by atoms with Crippen LogP contribution in [0.3, 0.4) is 0 Å². The number of hydrogen-bond acceptors (Lipinski definition) is 4. The van der Waals surface area contributed by atoms with Gasteiger partial charge in [-0.25, -0.2) is 4.79 Å². The molecule has 0 spiro atoms. The van der Waals surface area contributed by atoms with Gasteiger partial charge in [0.1, 0.15) is 11.3 Å². The second-order valence-electron chi connectivity index (χ2n) is 4.39. The summed E-state index contributed by atoms with van der Waals surface area (Å²) in [5.41, 5.74) is 6.83. The number of nitrogens with one attached hydrogen (secondary N) is 1. The number of benzene rings is 2. The van der Waals surface area contributed by atoms with Gasteiger partial charge in [-0.1, -0.05) is 12.1 Å². The number of carbonyl (C=O) groups is 2. The van der Waals surface area contributed by atoms with Gasteiger partial charge in [0.15, 0.2) is 0 Å². The molecule has 5 N–H and O–H groups in total. The van der Waals surface area contributed by atoms with Crippen molar-refractivity contribution in [3.8, 4) is 5.75 Å². The van der Waals surface area contributed by atoms with Crippen LogP contribution < -0.4 is 11.1 Å². The molecule has 2 aromatic rings. The number of aromatic hydroxyl groups is 1. The van der Waals surface area contributed by atoms with Crippen LogP contribution in [-0.4, -0.2) is 22.1 Å². The van der Waals surface area contributed by atoms with E-state index in [2.05, 4.69) is 5.32 Å². The molecule has 0 aliphatic carbocycles. The van der Waals surface area contributed by atoms with Crippen LogP contribution in [0.4, 0.5) is 5.69 Å². The Hall–Kier alpha value is -2.86. The highest BCUT2D eigenvalue weighted by Crippen LogP contribution is 2.21. The first kappa shape index (κ1) is 14.5. The summed E-state index contributed by atoms with van der Waals surface area (Å²) in [7, 11) is 0. The molecule has 2 aromatic carbocycles. The number of rotatable bonds is 4. The standard InChI is InChI=1S/C15H14N2O4/c16-8-9-1-3-10(4-2-9)14(19)17-11-5-6-13(18)12(7-11)15(20)21/h1-7,18H,8,16H2,(H,17,19)(H,20,21). The van der Waals surface area contributed by atoms with Gasteiger partial charge in [0.25, 0.3) is 5.91 Å². The summed E-state index contributed by atoms with van der Waals surface area (Å²) in [5.74, 6) is -2.00. The van der Waals surface area contributed by atoms with Crippen LogP contribution >= 0.6 is 0 Å². The van der Waals surface area contributed by atoms with E-state index in [4.69, 9.17) is 10.8 Å². The highest BCUT2D eigenvalue weighted by Gasteiger charge is 2.12. The molecule has 1 amide bonds. The van der Waals surface area contributed by atoms with Crippen LogP contribution in [-0.2, 0) is 6.54 Å². The first-order chi connectivity index (χ1) is 10.0. The number of phenols is 1. The predicted octanol–water partition coefficient (Wildman–Crippen LogP) is 1.80. The van der Waals surface area contributed by atoms with E-state index < -0.39 is 5.97 Å². The minimum absolute atomic E-state index is 0.272. The van der Waals surface area contributed by atoms with Crippen LogP contribution in [0.15, 0.2) is 42.5 Å². The van der Waals surface area contributed by atoms with Crippen LogP contribution in [0.2, 0.25) is 0 Å². The van der Waals surface area contributed by atoms with E-state index >= 15 is 0 Å². The number of carboxylic acids is 1. The molecule has 0 atom stereocenters. The van der Waals surface area contributed by atoms with Gasteiger partial charge < -0.3 is 21.3 Å². The van der Waals surface area contributed by atoms with E-state index in [0.717, 1.165) is 5.56 Å². The van der Waals surface area contributed by atoms with E-state index in [9.17, 15) is 14.7 Å². The lowest BCUT2D eigenvalue weighted by Crippen LogP contribution is -2.12. The summed E-state index contributed by atoms with van der Waals surface area (Å²) in [6.07, 6.45) is 0. The quantitative estimate of drug-likeness (QED) is 0.640. The Labute approximate surface area is 120 Å². The maximum Gasteiger partial charge on any atom is 0.339 e. The Morgan fingerprint density at radius 2 is 1.76 bits per heavy atom. The lowest BCUT2D eigenvalue weighted by Gasteiger charge is -2.07. The van der Waals surface area contributed by atoms with Crippen molar-refractivity contribution in [3.63, 3.8) is 0 Å². The molecule has 0 aromatic heterocycles. The molecular weight excluding hydrogens is 272 g/mol. The zero-order valence-corrected chi connectivity index (χ0v) is 11.0. The lowest BCUT2D eigenvalue weighted by atomic mass is 10.1. The van der Waals surface area contributed by atoms with Gasteiger partial charge in [-0.3, -0.25) is 4.79 Å². The maximum atomic E-state index is 12.0. The van der Waals surface area contributed by atoms with Crippen LogP contribution in [0, 0.1) is 0 Å². The smallest absolute Gasteiger partial charge is 0.339 e. The van der Waals surface area contributed by atoms with Crippen molar-refractivity contribution in [2.45, 2.75) is 6.54 Å². The van der Waals surface area contributed by atoms with Crippen molar-refractivity contribution in [1.29, 1.82) is 0 Å². The largest absolute Gasteiger partial charge is 0.507 e. The molecule has 0 fully saturated rings. The monoisotopic (exact) mass is 286 g/mol. The van der Waals surface area contributed by atoms with Crippen LogP contribution in [0.25, 0.3) is 0 Å². The third-order valence-corrected chi connectivity index (χ3v) is 2.94. The van der Waals surface area contributed by atoms with Crippen molar-refractivity contribution in [3.05, 3.63) is 59.2 Å². The summed E-state index contributed by atoms with van der Waals surface area (Å²) in [6, 6.07) is 10.6. The molecule has 0 aliphatic rings. The van der Waals surface area contributed by atoms with Gasteiger partial charge in [0, 0.05) is 17.8 Å². The molecular formula is C15H14N2O4. The number of hydrogen-bond donors (Lipinski definition) is 4. The van der Waals surface area contributed by atoms with E-state index in [1.165, 1.54) is 18.2 Å². The van der Waals surface area contributed by atoms with Crippen molar-refractivity contribution in [2.75, 3.05) is 5.32 Å². The van der Waals surface area contributed by atoms with Crippen molar-refractivity contribution >= 4 is 17.6 Å². The fraction of sp³-hybridized carbons (Fsp3) is 0.0667. The van der Waals surface area contributed by atoms with Gasteiger partial charge in [0.2, 0.25) is 0 Å². The molecule has 0 radical (unpaired) electrons. The summed E-state index contributed by atoms with van der Waals surface area (Å²) >= 11 is 0. The third-order valence-electron chi connectivity index (χ3n) is 2.94. The highest BCUT2D eigenvalue weighted by atomic mass is 16.4. The average Bonchev–Trinajstić information content (AvgIpc) is 2.49. The summed E-state index contributed by atoms with van der Waals surface area (Å²) < 4.78 is 0. The minimum atomic E-state index is -1.27. The summed E-state index contributed by atoms with van der Waals surface area (Å²) in [5, 5.41) is 20.9. The Kier molecular flexibility index (Phi) is 4.20. The predicted molar refractivity (Wildman–Crippen MR) is 77.4 cm³/mol. The molecule has 0 saturated carbocycles. The van der Waals surface area contributed by atoms with Crippen molar-refractivity contribution in [2.24, 2.45) is 5.73 Å². The number of carbonyl (C=O) groups excluding carboxylic acids is 1. The van der Waals surface area contributed by atoms with Crippen molar-refractivity contribution < 1.29 is 19.8 Å². The zero-order chi connectivity index (χ0) is 15.4. The molecule has 2 rings (SSSR count). The second-order valence-corrected chi connectivity index (χ2v) is 4.39. The lowest BCUT2D eigenvalue weighted by molar-refractivity contribution is 0.0693. The van der Waals surface area contributed by atoms with Gasteiger partial charge in [-0.05, 0) is 35.9 Å². The SMILES string of the molecule is NCc1ccc(C(=O)Nc2ccc(O)c(C(=O)O)c2)cc1. The van der Waals surface area contributed by atoms with E-state index in [0.29, 0.717) is 12.1 Å². The number of carboxylic acid groups (broad SMARTS) is 1. The van der Waals surface area contributed by atoms with Gasteiger partial charge in [-0.15, -0.1) is 0 Å². The molecule has 21 heavy (non-hydrogen) atoms. The summed E-state index contributed by atoms with van der Waals surface area (Å²) in [4.78, 5) is 22.9. The second kappa shape index (κ2) is 6.06. The fourth-order valence-electron chi connectivity index (χ4n) is 1.78. The third kappa shape index (κ3) is 3.37. The van der Waals surface area contributed by atoms with E-state index in [1.807, 2.05) is 0 Å². The molecule has 0 saturated heterocycles. The first-order valence-corrected chi connectivity index (χ1v) is 6.18. The Morgan fingerprint density at radius 3 is 2.33 bits per heavy atom. The summed E-state index contributed by atoms with van der Waals surface area (Å²) in [6.45, 7) is 0.391. The normalized spacial score (nSPS) is 10.1. The zero-order valence-electron chi connectivity index (χ0n) is 11.0. The van der Waals surface area contributed by atoms with Crippen molar-refractivity contribution in [1.82, 2.24) is 0 Å². The molecule has 0 heterocycles. The van der Waals surface area contributed by atoms with Crippen LogP contribution in [0.5, 0.6) is 5.75 Å². The Bertz CT molecular complexity index is 681. The molecule has 0 aliphatic heterocycles. The molecule has 0 unspecified atom stereocenters. The van der Waals surface area contributed by atoms with E-state index in [-0.39, 0.29) is 22.9 Å². The number of anilines is 1. The van der Waals surface area contributed by atoms with Crippen LogP contribution in [0.1, 0.15) is 26.3 Å². The minimum Gasteiger partial charge on any atom is -0.507 e. The highest BCUT2D eigenvalue weighted by molar-refractivity contribution is 6.05. The topological polar surface area (TPSA) is 113 Å². The van der Waals surface area contributed by atoms with Gasteiger partial charge in [0.05, 0.1) is 0 Å². The van der Waals surface area contributed by atoms with Gasteiger partial charge >= 0.3 is 5.97 Å². The number of aromatic carboxylic acids is 1. The maximum absolute atomic E-state index is 12.0.